The molecule has 2 amide bonds. The van der Waals surface area contributed by atoms with Gasteiger partial charge in [-0.2, -0.15) is 0 Å². The molecule has 1 aromatic carbocycles. The summed E-state index contributed by atoms with van der Waals surface area (Å²) in [6.45, 7) is 2.91. The molecule has 10 heteroatoms. The third-order valence-electron chi connectivity index (χ3n) is 5.67. The second-order valence-electron chi connectivity index (χ2n) is 8.01. The van der Waals surface area contributed by atoms with Gasteiger partial charge in [0.1, 0.15) is 17.6 Å². The van der Waals surface area contributed by atoms with Crippen LogP contribution in [-0.2, 0) is 6.54 Å². The van der Waals surface area contributed by atoms with Gasteiger partial charge in [0.15, 0.2) is 0 Å². The molecule has 3 aromatic rings. The third kappa shape index (κ3) is 5.35. The molecular formula is C23H25FN6O3. The van der Waals surface area contributed by atoms with Gasteiger partial charge in [-0.1, -0.05) is 17.3 Å². The van der Waals surface area contributed by atoms with Crippen molar-refractivity contribution in [2.45, 2.75) is 32.1 Å². The monoisotopic (exact) mass is 452 g/mol. The van der Waals surface area contributed by atoms with Crippen molar-refractivity contribution in [3.8, 4) is 0 Å². The van der Waals surface area contributed by atoms with E-state index in [4.69, 9.17) is 10.3 Å². The summed E-state index contributed by atoms with van der Waals surface area (Å²) in [7, 11) is 0. The summed E-state index contributed by atoms with van der Waals surface area (Å²) < 4.78 is 19.1. The highest BCUT2D eigenvalue weighted by Crippen LogP contribution is 2.23. The SMILES string of the molecule is Cc1oncc1CN1C[C@@H](F)CC1CNC(=O)c1ccc(C(=O)Nc2ccccc2N)nc1. The van der Waals surface area contributed by atoms with Crippen LogP contribution >= 0.6 is 0 Å². The number of rotatable bonds is 7. The molecule has 1 fully saturated rings. The zero-order valence-electron chi connectivity index (χ0n) is 18.1. The molecule has 0 bridgehead atoms. The van der Waals surface area contributed by atoms with Crippen LogP contribution < -0.4 is 16.4 Å². The second kappa shape index (κ2) is 9.78. The van der Waals surface area contributed by atoms with Gasteiger partial charge in [-0.25, -0.2) is 4.39 Å². The fourth-order valence-electron chi connectivity index (χ4n) is 3.79. The lowest BCUT2D eigenvalue weighted by atomic mass is 10.1. The Morgan fingerprint density at radius 1 is 1.21 bits per heavy atom. The number of likely N-dealkylation sites (tertiary alicyclic amines) is 1. The number of nitrogens with one attached hydrogen (secondary N) is 2. The number of carbonyl (C=O) groups excluding carboxylic acids is 2. The predicted octanol–water partition coefficient (Wildman–Crippen LogP) is 2.55. The van der Waals surface area contributed by atoms with Gasteiger partial charge in [0.2, 0.25) is 0 Å². The molecule has 0 radical (unpaired) electrons. The number of pyridine rings is 1. The van der Waals surface area contributed by atoms with E-state index in [0.717, 1.165) is 5.56 Å². The molecule has 2 atom stereocenters. The van der Waals surface area contributed by atoms with E-state index in [9.17, 15) is 14.0 Å². The van der Waals surface area contributed by atoms with Gasteiger partial charge < -0.3 is 20.9 Å². The smallest absolute Gasteiger partial charge is 0.274 e. The minimum absolute atomic E-state index is 0.146. The van der Waals surface area contributed by atoms with Crippen LogP contribution in [0.25, 0.3) is 0 Å². The number of nitrogen functional groups attached to an aromatic ring is 1. The molecule has 9 nitrogen and oxygen atoms in total. The van der Waals surface area contributed by atoms with E-state index in [1.165, 1.54) is 18.3 Å². The maximum absolute atomic E-state index is 14.1. The maximum atomic E-state index is 14.1. The van der Waals surface area contributed by atoms with Crippen LogP contribution in [0.1, 0.15) is 38.6 Å². The van der Waals surface area contributed by atoms with Gasteiger partial charge >= 0.3 is 0 Å². The Hall–Kier alpha value is -3.79. The molecule has 4 N–H and O–H groups in total. The average Bonchev–Trinajstić information content (AvgIpc) is 3.38. The lowest BCUT2D eigenvalue weighted by Gasteiger charge is -2.23. The van der Waals surface area contributed by atoms with Crippen molar-refractivity contribution in [3.05, 3.63) is 71.4 Å². The Bertz CT molecular complexity index is 1130. The van der Waals surface area contributed by atoms with Crippen molar-refractivity contribution in [1.29, 1.82) is 0 Å². The van der Waals surface area contributed by atoms with E-state index in [0.29, 0.717) is 48.8 Å². The molecule has 1 aliphatic heterocycles. The summed E-state index contributed by atoms with van der Waals surface area (Å²) in [6.07, 6.45) is 2.35. The van der Waals surface area contributed by atoms with E-state index in [2.05, 4.69) is 20.8 Å². The number of alkyl halides is 1. The quantitative estimate of drug-likeness (QED) is 0.470. The second-order valence-corrected chi connectivity index (χ2v) is 8.01. The zero-order valence-corrected chi connectivity index (χ0v) is 18.1. The van der Waals surface area contributed by atoms with E-state index < -0.39 is 12.1 Å². The number of nitrogens with zero attached hydrogens (tertiary/aromatic N) is 3. The van der Waals surface area contributed by atoms with E-state index in [1.807, 2.05) is 11.8 Å². The summed E-state index contributed by atoms with van der Waals surface area (Å²) in [5.41, 5.74) is 8.12. The van der Waals surface area contributed by atoms with Crippen LogP contribution in [0.5, 0.6) is 0 Å². The summed E-state index contributed by atoms with van der Waals surface area (Å²) >= 11 is 0. The van der Waals surface area contributed by atoms with Crippen LogP contribution in [0.4, 0.5) is 15.8 Å². The highest BCUT2D eigenvalue weighted by atomic mass is 19.1. The molecule has 4 rings (SSSR count). The molecule has 3 heterocycles. The summed E-state index contributed by atoms with van der Waals surface area (Å²) in [5.74, 6) is -0.0742. The number of aromatic nitrogens is 2. The van der Waals surface area contributed by atoms with E-state index in [-0.39, 0.29) is 17.6 Å². The van der Waals surface area contributed by atoms with Crippen molar-refractivity contribution >= 4 is 23.2 Å². The van der Waals surface area contributed by atoms with E-state index >= 15 is 0 Å². The minimum atomic E-state index is -0.954. The van der Waals surface area contributed by atoms with Crippen molar-refractivity contribution in [3.63, 3.8) is 0 Å². The Morgan fingerprint density at radius 2 is 2.03 bits per heavy atom. The molecule has 1 saturated heterocycles. The number of carbonyl (C=O) groups is 2. The van der Waals surface area contributed by atoms with Crippen LogP contribution in [0.15, 0.2) is 53.3 Å². The molecule has 0 spiro atoms. The summed E-state index contributed by atoms with van der Waals surface area (Å²) in [6, 6.07) is 9.75. The topological polar surface area (TPSA) is 126 Å². The number of hydrogen-bond acceptors (Lipinski definition) is 7. The van der Waals surface area contributed by atoms with Crippen LogP contribution in [0.2, 0.25) is 0 Å². The number of aryl methyl sites for hydroxylation is 1. The highest BCUT2D eigenvalue weighted by molar-refractivity contribution is 6.04. The lowest BCUT2D eigenvalue weighted by molar-refractivity contribution is 0.0937. The predicted molar refractivity (Wildman–Crippen MR) is 120 cm³/mol. The highest BCUT2D eigenvalue weighted by Gasteiger charge is 2.32. The molecule has 172 valence electrons. The fourth-order valence-corrected chi connectivity index (χ4v) is 3.79. The molecule has 2 aromatic heterocycles. The first kappa shape index (κ1) is 22.4. The minimum Gasteiger partial charge on any atom is -0.397 e. The molecule has 1 aliphatic rings. The van der Waals surface area contributed by atoms with Gasteiger partial charge in [0, 0.05) is 37.4 Å². The van der Waals surface area contributed by atoms with Gasteiger partial charge in [0.05, 0.1) is 23.1 Å². The first-order valence-electron chi connectivity index (χ1n) is 10.6. The largest absolute Gasteiger partial charge is 0.397 e. The number of para-hydroxylation sites is 2. The first-order chi connectivity index (χ1) is 15.9. The van der Waals surface area contributed by atoms with Gasteiger partial charge in [-0.3, -0.25) is 19.5 Å². The first-order valence-corrected chi connectivity index (χ1v) is 10.6. The van der Waals surface area contributed by atoms with Crippen molar-refractivity contribution in [2.75, 3.05) is 24.1 Å². The number of benzene rings is 1. The summed E-state index contributed by atoms with van der Waals surface area (Å²) in [5, 5.41) is 9.29. The normalized spacial score (nSPS) is 18.2. The number of anilines is 2. The zero-order chi connectivity index (χ0) is 23.4. The van der Waals surface area contributed by atoms with Gasteiger partial charge in [-0.15, -0.1) is 0 Å². The molecular weight excluding hydrogens is 427 g/mol. The van der Waals surface area contributed by atoms with Crippen LogP contribution in [-0.4, -0.2) is 52.2 Å². The standard InChI is InChI=1S/C23H25FN6O3/c1-14-16(10-28-33-14)12-30-13-17(24)8-18(30)11-27-22(31)15-6-7-21(26-9-15)23(32)29-20-5-3-2-4-19(20)25/h2-7,9-10,17-18H,8,11-13,25H2,1H3,(H,27,31)(H,29,32)/t17-,18?/m0/s1. The van der Waals surface area contributed by atoms with Gasteiger partial charge in [-0.05, 0) is 37.6 Å². The maximum Gasteiger partial charge on any atom is 0.274 e. The molecule has 33 heavy (non-hydrogen) atoms. The molecule has 0 aliphatic carbocycles. The lowest BCUT2D eigenvalue weighted by Crippen LogP contribution is -2.39. The van der Waals surface area contributed by atoms with E-state index in [1.54, 1.807) is 30.5 Å². The van der Waals surface area contributed by atoms with Gasteiger partial charge in [0.25, 0.3) is 11.8 Å². The van der Waals surface area contributed by atoms with Crippen LogP contribution in [0.3, 0.4) is 0 Å². The van der Waals surface area contributed by atoms with Crippen molar-refractivity contribution in [1.82, 2.24) is 20.4 Å². The Morgan fingerprint density at radius 3 is 2.73 bits per heavy atom. The number of amides is 2. The Labute approximate surface area is 190 Å². The summed E-state index contributed by atoms with van der Waals surface area (Å²) in [4.78, 5) is 31.0. The fraction of sp³-hybridized carbons (Fsp3) is 0.304. The third-order valence-corrected chi connectivity index (χ3v) is 5.67. The average molecular weight is 452 g/mol. The van der Waals surface area contributed by atoms with Crippen molar-refractivity contribution in [2.24, 2.45) is 0 Å². The number of halogens is 1. The van der Waals surface area contributed by atoms with Crippen molar-refractivity contribution < 1.29 is 18.5 Å². The Kier molecular flexibility index (Phi) is 6.64. The number of hydrogen-bond donors (Lipinski definition) is 3. The molecule has 1 unspecified atom stereocenters. The number of nitrogens with two attached hydrogens (primary N) is 1. The van der Waals surface area contributed by atoms with Crippen LogP contribution in [0, 0.1) is 6.92 Å². The Balaban J connectivity index is 1.33. The molecule has 0 saturated carbocycles.